The summed E-state index contributed by atoms with van der Waals surface area (Å²) >= 11 is 0. The number of rotatable bonds is 5. The van der Waals surface area contributed by atoms with Crippen LogP contribution in [0.2, 0.25) is 0 Å². The van der Waals surface area contributed by atoms with Gasteiger partial charge in [-0.25, -0.2) is 5.43 Å². The summed E-state index contributed by atoms with van der Waals surface area (Å²) in [6, 6.07) is 3.25. The Hall–Kier alpha value is -2.24. The van der Waals surface area contributed by atoms with E-state index < -0.39 is 0 Å². The van der Waals surface area contributed by atoms with Gasteiger partial charge >= 0.3 is 0 Å². The van der Waals surface area contributed by atoms with Crippen LogP contribution in [-0.2, 0) is 0 Å². The van der Waals surface area contributed by atoms with Crippen LogP contribution in [0.4, 0.5) is 0 Å². The maximum Gasteiger partial charge on any atom is 0.271 e. The number of hydrazone groups is 1. The molecule has 2 atom stereocenters. The lowest BCUT2D eigenvalue weighted by molar-refractivity contribution is 0.0953. The monoisotopic (exact) mass is 318 g/mol. The quantitative estimate of drug-likeness (QED) is 0.847. The lowest BCUT2D eigenvalue weighted by Crippen LogP contribution is -2.22. The van der Waals surface area contributed by atoms with Crippen molar-refractivity contribution in [2.75, 3.05) is 21.3 Å². The van der Waals surface area contributed by atoms with E-state index in [9.17, 15) is 4.79 Å². The Morgan fingerprint density at radius 1 is 1.13 bits per heavy atom. The van der Waals surface area contributed by atoms with Crippen molar-refractivity contribution in [2.45, 2.75) is 25.7 Å². The molecule has 0 spiro atoms. The van der Waals surface area contributed by atoms with Crippen molar-refractivity contribution in [1.29, 1.82) is 0 Å². The zero-order valence-electron chi connectivity index (χ0n) is 13.7. The molecule has 0 aliphatic heterocycles. The van der Waals surface area contributed by atoms with Gasteiger partial charge in [-0.15, -0.1) is 0 Å². The number of ether oxygens (including phenoxy) is 3. The molecule has 23 heavy (non-hydrogen) atoms. The van der Waals surface area contributed by atoms with E-state index in [1.165, 1.54) is 40.6 Å². The Morgan fingerprint density at radius 3 is 2.30 bits per heavy atom. The van der Waals surface area contributed by atoms with Crippen molar-refractivity contribution < 1.29 is 19.0 Å². The number of methoxy groups -OCH3 is 3. The van der Waals surface area contributed by atoms with Gasteiger partial charge in [0, 0.05) is 11.3 Å². The predicted octanol–water partition coefficient (Wildman–Crippen LogP) is 2.62. The van der Waals surface area contributed by atoms with E-state index in [1.54, 1.807) is 12.1 Å². The molecule has 2 aliphatic carbocycles. The average Bonchev–Trinajstić information content (AvgIpc) is 3.21. The fourth-order valence-electron chi connectivity index (χ4n) is 3.56. The molecule has 1 amide bonds. The van der Waals surface area contributed by atoms with Crippen LogP contribution >= 0.6 is 0 Å². The average molecular weight is 318 g/mol. The highest BCUT2D eigenvalue weighted by Crippen LogP contribution is 2.42. The first-order valence-electron chi connectivity index (χ1n) is 7.83. The first-order chi connectivity index (χ1) is 11.2. The summed E-state index contributed by atoms with van der Waals surface area (Å²) in [6.45, 7) is 0. The molecule has 0 saturated heterocycles. The number of carbonyl (C=O) groups is 1. The van der Waals surface area contributed by atoms with Crippen LogP contribution in [0.15, 0.2) is 17.2 Å². The van der Waals surface area contributed by atoms with Crippen LogP contribution in [0, 0.1) is 11.8 Å². The molecule has 2 saturated carbocycles. The summed E-state index contributed by atoms with van der Waals surface area (Å²) in [7, 11) is 4.57. The molecule has 6 nitrogen and oxygen atoms in total. The third-order valence-electron chi connectivity index (χ3n) is 4.74. The smallest absolute Gasteiger partial charge is 0.271 e. The fraction of sp³-hybridized carbons (Fsp3) is 0.529. The van der Waals surface area contributed by atoms with Crippen LogP contribution < -0.4 is 19.6 Å². The third kappa shape index (κ3) is 2.98. The Bertz CT molecular complexity index is 616. The van der Waals surface area contributed by atoms with Gasteiger partial charge in [-0.05, 0) is 49.7 Å². The van der Waals surface area contributed by atoms with E-state index in [-0.39, 0.29) is 5.91 Å². The Labute approximate surface area is 135 Å². The predicted molar refractivity (Wildman–Crippen MR) is 86.4 cm³/mol. The number of hydrogen-bond acceptors (Lipinski definition) is 5. The largest absolute Gasteiger partial charge is 0.493 e. The zero-order valence-corrected chi connectivity index (χ0v) is 13.7. The van der Waals surface area contributed by atoms with E-state index in [0.29, 0.717) is 28.7 Å². The van der Waals surface area contributed by atoms with Crippen molar-refractivity contribution in [3.8, 4) is 17.2 Å². The Morgan fingerprint density at radius 2 is 1.83 bits per heavy atom. The molecule has 0 aromatic heterocycles. The van der Waals surface area contributed by atoms with Gasteiger partial charge in [0.1, 0.15) is 0 Å². The molecule has 124 valence electrons. The molecule has 2 aliphatic rings. The van der Waals surface area contributed by atoms with Gasteiger partial charge in [-0.3, -0.25) is 4.79 Å². The summed E-state index contributed by atoms with van der Waals surface area (Å²) in [5.41, 5.74) is 4.21. The molecular formula is C17H22N2O4. The molecule has 2 fully saturated rings. The van der Waals surface area contributed by atoms with Crippen LogP contribution in [0.25, 0.3) is 0 Å². The molecule has 1 aromatic carbocycles. The van der Waals surface area contributed by atoms with Crippen LogP contribution in [0.3, 0.4) is 0 Å². The van der Waals surface area contributed by atoms with Gasteiger partial charge in [0.2, 0.25) is 5.75 Å². The number of nitrogens with zero attached hydrogens (tertiary/aromatic N) is 1. The fourth-order valence-corrected chi connectivity index (χ4v) is 3.56. The number of nitrogens with one attached hydrogen (secondary N) is 1. The highest BCUT2D eigenvalue weighted by atomic mass is 16.5. The van der Waals surface area contributed by atoms with Crippen molar-refractivity contribution in [2.24, 2.45) is 16.9 Å². The van der Waals surface area contributed by atoms with Crippen molar-refractivity contribution in [1.82, 2.24) is 5.43 Å². The first-order valence-corrected chi connectivity index (χ1v) is 7.83. The van der Waals surface area contributed by atoms with Gasteiger partial charge < -0.3 is 14.2 Å². The summed E-state index contributed by atoms with van der Waals surface area (Å²) in [4.78, 5) is 12.4. The molecule has 2 bridgehead atoms. The van der Waals surface area contributed by atoms with Crippen LogP contribution in [0.1, 0.15) is 36.0 Å². The highest BCUT2D eigenvalue weighted by Gasteiger charge is 2.36. The van der Waals surface area contributed by atoms with Crippen molar-refractivity contribution in [3.63, 3.8) is 0 Å². The van der Waals surface area contributed by atoms with Crippen LogP contribution in [0.5, 0.6) is 17.2 Å². The second-order valence-corrected chi connectivity index (χ2v) is 6.04. The molecule has 2 unspecified atom stereocenters. The van der Waals surface area contributed by atoms with E-state index in [0.717, 1.165) is 18.1 Å². The van der Waals surface area contributed by atoms with Gasteiger partial charge in [-0.1, -0.05) is 0 Å². The Balaban J connectivity index is 1.78. The minimum absolute atomic E-state index is 0.278. The third-order valence-corrected chi connectivity index (χ3v) is 4.74. The minimum Gasteiger partial charge on any atom is -0.493 e. The first kappa shape index (κ1) is 15.6. The number of benzene rings is 1. The van der Waals surface area contributed by atoms with Gasteiger partial charge in [0.25, 0.3) is 5.91 Å². The molecule has 3 rings (SSSR count). The lowest BCUT2D eigenvalue weighted by atomic mass is 9.99. The number of fused-ring (bicyclic) bond motifs is 2. The normalized spacial score (nSPS) is 23.9. The number of carbonyl (C=O) groups excluding carboxylic acids is 1. The standard InChI is InChI=1S/C17H22N2O4/c1-21-14-8-12(9-15(22-2)16(14)23-3)17(20)19-18-13-7-10-4-5-11(13)6-10/h8-11H,4-7H2,1-3H3,(H,19,20)/b18-13+. The van der Waals surface area contributed by atoms with Gasteiger partial charge in [0.05, 0.1) is 21.3 Å². The maximum absolute atomic E-state index is 12.4. The van der Waals surface area contributed by atoms with Gasteiger partial charge in [-0.2, -0.15) is 5.10 Å². The summed E-state index contributed by atoms with van der Waals surface area (Å²) in [5.74, 6) is 2.40. The number of amides is 1. The molecule has 6 heteroatoms. The maximum atomic E-state index is 12.4. The lowest BCUT2D eigenvalue weighted by Gasteiger charge is -2.14. The Kier molecular flexibility index (Phi) is 4.41. The van der Waals surface area contributed by atoms with Crippen molar-refractivity contribution >= 4 is 11.6 Å². The summed E-state index contributed by atoms with van der Waals surface area (Å²) in [5, 5.41) is 4.34. The topological polar surface area (TPSA) is 69.2 Å². The van der Waals surface area contributed by atoms with Crippen LogP contribution in [-0.4, -0.2) is 32.9 Å². The number of hydrogen-bond donors (Lipinski definition) is 1. The van der Waals surface area contributed by atoms with Crippen molar-refractivity contribution in [3.05, 3.63) is 17.7 Å². The minimum atomic E-state index is -0.278. The zero-order chi connectivity index (χ0) is 16.4. The highest BCUT2D eigenvalue weighted by molar-refractivity contribution is 5.97. The second-order valence-electron chi connectivity index (χ2n) is 6.04. The van der Waals surface area contributed by atoms with E-state index in [2.05, 4.69) is 10.5 Å². The molecule has 1 aromatic rings. The SMILES string of the molecule is COc1cc(C(=O)N/N=C2\CC3CCC2C3)cc(OC)c1OC. The molecular weight excluding hydrogens is 296 g/mol. The molecule has 1 N–H and O–H groups in total. The van der Waals surface area contributed by atoms with E-state index in [1.807, 2.05) is 0 Å². The van der Waals surface area contributed by atoms with E-state index >= 15 is 0 Å². The summed E-state index contributed by atoms with van der Waals surface area (Å²) < 4.78 is 15.8. The van der Waals surface area contributed by atoms with Gasteiger partial charge in [0.15, 0.2) is 11.5 Å². The molecule has 0 heterocycles. The molecule has 0 radical (unpaired) electrons. The van der Waals surface area contributed by atoms with E-state index in [4.69, 9.17) is 14.2 Å². The second kappa shape index (κ2) is 6.48. The summed E-state index contributed by atoms with van der Waals surface area (Å²) in [6.07, 6.45) is 4.73.